The zero-order chi connectivity index (χ0) is 35.1. The lowest BCUT2D eigenvalue weighted by atomic mass is 9.86. The molecule has 15 heteroatoms. The van der Waals surface area contributed by atoms with Gasteiger partial charge in [0.25, 0.3) is 5.91 Å². The van der Waals surface area contributed by atoms with Crippen molar-refractivity contribution in [1.29, 1.82) is 5.26 Å². The van der Waals surface area contributed by atoms with E-state index in [1.807, 2.05) is 0 Å². The Balaban J connectivity index is 1.21. The van der Waals surface area contributed by atoms with E-state index >= 15 is 0 Å². The molecule has 1 unspecified atom stereocenters. The van der Waals surface area contributed by atoms with Gasteiger partial charge in [0, 0.05) is 55.3 Å². The van der Waals surface area contributed by atoms with Crippen LogP contribution in [0.15, 0.2) is 48.0 Å². The highest BCUT2D eigenvalue weighted by molar-refractivity contribution is 7.52. The van der Waals surface area contributed by atoms with Crippen LogP contribution in [-0.4, -0.2) is 92.8 Å². The lowest BCUT2D eigenvalue weighted by Crippen LogP contribution is -2.54. The number of hydrogen-bond donors (Lipinski definition) is 5. The van der Waals surface area contributed by atoms with Gasteiger partial charge in [-0.15, -0.1) is 0 Å². The number of aliphatic hydroxyl groups excluding tert-OH is 1. The van der Waals surface area contributed by atoms with Crippen molar-refractivity contribution in [1.82, 2.24) is 20.4 Å². The number of nitrogens with one attached hydrogen (secondary N) is 2. The molecule has 12 nitrogen and oxygen atoms in total. The van der Waals surface area contributed by atoms with Gasteiger partial charge < -0.3 is 30.4 Å². The maximum atomic E-state index is 14.4. The molecule has 3 fully saturated rings. The van der Waals surface area contributed by atoms with Crippen molar-refractivity contribution in [3.63, 3.8) is 0 Å². The Bertz CT molecular complexity index is 1760. The number of halogens is 2. The van der Waals surface area contributed by atoms with Crippen LogP contribution >= 0.6 is 7.60 Å². The van der Waals surface area contributed by atoms with E-state index in [-0.39, 0.29) is 40.6 Å². The highest BCUT2D eigenvalue weighted by atomic mass is 31.2. The second-order valence-electron chi connectivity index (χ2n) is 13.6. The number of amides is 3. The fraction of sp³-hybridized carbons (Fsp3) is 0.529. The van der Waals surface area contributed by atoms with Crippen LogP contribution in [0.4, 0.5) is 8.78 Å². The Labute approximate surface area is 282 Å². The van der Waals surface area contributed by atoms with Gasteiger partial charge in [0.1, 0.15) is 6.04 Å². The summed E-state index contributed by atoms with van der Waals surface area (Å²) in [5.74, 6) is -1.49. The molecule has 2 aromatic rings. The van der Waals surface area contributed by atoms with E-state index in [0.717, 1.165) is 30.5 Å². The van der Waals surface area contributed by atoms with E-state index < -0.39 is 42.9 Å². The number of nitriles is 1. The van der Waals surface area contributed by atoms with E-state index in [2.05, 4.69) is 21.6 Å². The number of nitrogens with zero attached hydrogens (tertiary/aromatic N) is 3. The molecule has 0 bridgehead atoms. The minimum absolute atomic E-state index is 0.0859. The molecule has 2 aromatic carbocycles. The third-order valence-electron chi connectivity index (χ3n) is 10.4. The number of rotatable bonds is 7. The average molecular weight is 700 g/mol. The number of benzene rings is 2. The quantitative estimate of drug-likeness (QED) is 0.271. The molecule has 4 heterocycles. The monoisotopic (exact) mass is 699 g/mol. The van der Waals surface area contributed by atoms with Crippen LogP contribution in [-0.2, 0) is 19.8 Å². The van der Waals surface area contributed by atoms with Gasteiger partial charge in [0.15, 0.2) is 0 Å². The van der Waals surface area contributed by atoms with E-state index in [9.17, 15) is 47.9 Å². The molecule has 0 spiro atoms. The molecule has 4 aliphatic rings. The summed E-state index contributed by atoms with van der Waals surface area (Å²) in [4.78, 5) is 62.0. The molecule has 0 aromatic heterocycles. The van der Waals surface area contributed by atoms with E-state index in [1.165, 1.54) is 24.3 Å². The van der Waals surface area contributed by atoms with Gasteiger partial charge in [0.2, 0.25) is 11.8 Å². The molecule has 0 saturated carbocycles. The summed E-state index contributed by atoms with van der Waals surface area (Å²) in [6.07, 6.45) is 5.10. The maximum absolute atomic E-state index is 14.4. The van der Waals surface area contributed by atoms with E-state index in [4.69, 9.17) is 0 Å². The number of alkyl halides is 2. The summed E-state index contributed by atoms with van der Waals surface area (Å²) in [6, 6.07) is 8.22. The van der Waals surface area contributed by atoms with Crippen molar-refractivity contribution in [3.05, 3.63) is 59.2 Å². The van der Waals surface area contributed by atoms with Gasteiger partial charge in [-0.05, 0) is 54.7 Å². The molecule has 49 heavy (non-hydrogen) atoms. The molecular formula is C34H40F2N5O7P. The van der Waals surface area contributed by atoms with Crippen LogP contribution < -0.4 is 10.6 Å². The number of carbonyl (C=O) groups excluding carboxylic acids is 3. The second-order valence-corrected chi connectivity index (χ2v) is 15.3. The van der Waals surface area contributed by atoms with Crippen molar-refractivity contribution in [3.8, 4) is 6.07 Å². The summed E-state index contributed by atoms with van der Waals surface area (Å²) < 4.78 is 40.3. The van der Waals surface area contributed by atoms with Crippen LogP contribution in [0.2, 0.25) is 0 Å². The van der Waals surface area contributed by atoms with Crippen LogP contribution in [0, 0.1) is 23.2 Å². The normalized spacial score (nSPS) is 28.6. The molecule has 5 N–H and O–H groups in total. The molecule has 4 aliphatic heterocycles. The Kier molecular flexibility index (Phi) is 9.95. The molecule has 3 amide bonds. The van der Waals surface area contributed by atoms with Crippen molar-refractivity contribution in [2.45, 2.75) is 74.8 Å². The van der Waals surface area contributed by atoms with Crippen LogP contribution in [0.25, 0.3) is 10.8 Å². The van der Waals surface area contributed by atoms with Gasteiger partial charge in [-0.25, -0.2) is 0 Å². The summed E-state index contributed by atoms with van der Waals surface area (Å²) >= 11 is 0. The van der Waals surface area contributed by atoms with Gasteiger partial charge in [-0.1, -0.05) is 43.0 Å². The average Bonchev–Trinajstić information content (AvgIpc) is 3.63. The smallest absolute Gasteiger partial charge is 0.391 e. The summed E-state index contributed by atoms with van der Waals surface area (Å²) in [7, 11) is -5.79. The Morgan fingerprint density at radius 3 is 2.57 bits per heavy atom. The molecule has 0 radical (unpaired) electrons. The third-order valence-corrected chi connectivity index (χ3v) is 11.4. The lowest BCUT2D eigenvalue weighted by Gasteiger charge is -2.35. The SMILES string of the molecule is N#C[C@H]1CN(CC2C[C@@H](O)[C@@H]3CCCCC[C@H](NC(=O)c4ccc5ccc(C(F)(F)P(=O)(O)O)cc5c4)C(=O)N23)C[C@@H]1C1=CC(=O)NCC1. The van der Waals surface area contributed by atoms with Crippen LogP contribution in [0.1, 0.15) is 60.9 Å². The summed E-state index contributed by atoms with van der Waals surface area (Å²) in [6.45, 7) is 1.99. The van der Waals surface area contributed by atoms with Crippen molar-refractivity contribution in [2.24, 2.45) is 11.8 Å². The summed E-state index contributed by atoms with van der Waals surface area (Å²) in [5.41, 5.74) is -4.26. The maximum Gasteiger partial charge on any atom is 0.399 e. The van der Waals surface area contributed by atoms with Gasteiger partial charge in [-0.3, -0.25) is 23.8 Å². The number of fused-ring (bicyclic) bond motifs is 2. The fourth-order valence-electron chi connectivity index (χ4n) is 7.90. The predicted octanol–water partition coefficient (Wildman–Crippen LogP) is 2.98. The molecule has 6 atom stereocenters. The minimum atomic E-state index is -5.79. The molecule has 262 valence electrons. The van der Waals surface area contributed by atoms with Gasteiger partial charge in [0.05, 0.1) is 24.1 Å². The van der Waals surface area contributed by atoms with Gasteiger partial charge >= 0.3 is 13.3 Å². The molecule has 0 aliphatic carbocycles. The lowest BCUT2D eigenvalue weighted by molar-refractivity contribution is -0.137. The first kappa shape index (κ1) is 35.1. The van der Waals surface area contributed by atoms with E-state index in [1.54, 1.807) is 11.0 Å². The van der Waals surface area contributed by atoms with Crippen LogP contribution in [0.3, 0.4) is 0 Å². The Morgan fingerprint density at radius 1 is 1.08 bits per heavy atom. The highest BCUT2D eigenvalue weighted by Gasteiger charge is 2.50. The number of aliphatic hydroxyl groups is 1. The number of carbonyl (C=O) groups is 3. The number of likely N-dealkylation sites (tertiary alicyclic amines) is 1. The summed E-state index contributed by atoms with van der Waals surface area (Å²) in [5, 5.41) is 27.3. The third kappa shape index (κ3) is 7.14. The standard InChI is InChI=1S/C34H40F2N5O7P/c35-34(36,49(46,47)48)25-9-8-20-6-7-22(12-23(20)13-25)32(44)39-28-4-2-1-3-5-29-30(42)15-26(41(29)33(28)45)18-40-17-24(16-37)27(19-40)21-10-11-38-31(43)14-21/h6-9,12-14,24,26-30,42H,1-5,10-11,15,17-19H2,(H,38,43)(H,39,44)(H2,46,47,48)/t24-,26?,27+,28-,29-,30+/m0/s1. The van der Waals surface area contributed by atoms with Gasteiger partial charge in [-0.2, -0.15) is 14.0 Å². The largest absolute Gasteiger partial charge is 0.399 e. The van der Waals surface area contributed by atoms with Crippen molar-refractivity contribution in [2.75, 3.05) is 26.2 Å². The Morgan fingerprint density at radius 2 is 1.84 bits per heavy atom. The molecular weight excluding hydrogens is 659 g/mol. The zero-order valence-corrected chi connectivity index (χ0v) is 27.7. The topological polar surface area (TPSA) is 183 Å². The first-order chi connectivity index (χ1) is 23.3. The van der Waals surface area contributed by atoms with Crippen molar-refractivity contribution >= 4 is 36.1 Å². The first-order valence-corrected chi connectivity index (χ1v) is 18.3. The zero-order valence-electron chi connectivity index (χ0n) is 26.8. The molecule has 3 saturated heterocycles. The minimum Gasteiger partial charge on any atom is -0.391 e. The molecule has 6 rings (SSSR count). The Hall–Kier alpha value is -3.73. The highest BCUT2D eigenvalue weighted by Crippen LogP contribution is 2.59. The van der Waals surface area contributed by atoms with E-state index in [0.29, 0.717) is 63.7 Å². The first-order valence-electron chi connectivity index (χ1n) is 16.7. The second kappa shape index (κ2) is 13.9. The fourth-order valence-corrected chi connectivity index (χ4v) is 8.37. The van der Waals surface area contributed by atoms with Crippen LogP contribution in [0.5, 0.6) is 0 Å². The predicted molar refractivity (Wildman–Crippen MR) is 174 cm³/mol. The van der Waals surface area contributed by atoms with Crippen molar-refractivity contribution < 1.29 is 42.6 Å². The number of hydrogen-bond acceptors (Lipinski definition) is 7.